The molecular weight excluding hydrogens is 278 g/mol. The fourth-order valence-corrected chi connectivity index (χ4v) is 2.87. The van der Waals surface area contributed by atoms with E-state index in [9.17, 15) is 4.79 Å². The second-order valence-corrected chi connectivity index (χ2v) is 5.64. The second kappa shape index (κ2) is 6.60. The number of hydrogen-bond acceptors (Lipinski definition) is 4. The molecule has 0 aliphatic carbocycles. The number of anilines is 1. The number of nitrogens with zero attached hydrogens (tertiary/aromatic N) is 5. The highest BCUT2D eigenvalue weighted by Crippen LogP contribution is 2.20. The highest BCUT2D eigenvalue weighted by Gasteiger charge is 2.26. The van der Waals surface area contributed by atoms with Gasteiger partial charge < -0.3 is 9.80 Å². The molecule has 3 heterocycles. The van der Waals surface area contributed by atoms with Crippen molar-refractivity contribution in [2.24, 2.45) is 0 Å². The maximum absolute atomic E-state index is 12.4. The van der Waals surface area contributed by atoms with Crippen molar-refractivity contribution in [3.05, 3.63) is 42.9 Å². The second-order valence-electron chi connectivity index (χ2n) is 5.64. The van der Waals surface area contributed by atoms with Crippen molar-refractivity contribution in [1.82, 2.24) is 19.7 Å². The van der Waals surface area contributed by atoms with Gasteiger partial charge in [0.1, 0.15) is 12.4 Å². The summed E-state index contributed by atoms with van der Waals surface area (Å²) in [6.07, 6.45) is 7.42. The Balaban J connectivity index is 1.62. The first kappa shape index (κ1) is 14.6. The minimum absolute atomic E-state index is 0.0940. The van der Waals surface area contributed by atoms with Crippen LogP contribution >= 0.6 is 0 Å². The molecule has 0 spiro atoms. The molecule has 2 aromatic rings. The van der Waals surface area contributed by atoms with Gasteiger partial charge in [0, 0.05) is 44.8 Å². The number of likely N-dealkylation sites (N-methyl/N-ethyl adjacent to an activating group) is 1. The molecule has 0 unspecified atom stereocenters. The lowest BCUT2D eigenvalue weighted by Gasteiger charge is -2.38. The Hall–Kier alpha value is -2.37. The van der Waals surface area contributed by atoms with Crippen molar-refractivity contribution < 1.29 is 4.79 Å². The fourth-order valence-electron chi connectivity index (χ4n) is 2.87. The Labute approximate surface area is 130 Å². The molecule has 0 aromatic carbocycles. The van der Waals surface area contributed by atoms with Crippen LogP contribution < -0.4 is 4.90 Å². The van der Waals surface area contributed by atoms with Gasteiger partial charge >= 0.3 is 0 Å². The Morgan fingerprint density at radius 2 is 2.27 bits per heavy atom. The van der Waals surface area contributed by atoms with Crippen LogP contribution in [0.2, 0.25) is 0 Å². The van der Waals surface area contributed by atoms with Crippen molar-refractivity contribution in [2.45, 2.75) is 25.4 Å². The zero-order chi connectivity index (χ0) is 15.4. The summed E-state index contributed by atoms with van der Waals surface area (Å²) in [6.45, 7) is 2.12. The summed E-state index contributed by atoms with van der Waals surface area (Å²) in [4.78, 5) is 20.9. The average Bonchev–Trinajstić information content (AvgIpc) is 3.08. The van der Waals surface area contributed by atoms with Crippen molar-refractivity contribution >= 4 is 11.7 Å². The SMILES string of the molecule is CN(C(=O)Cn1cccn1)[C@@H]1CCCN(c2ccccn2)C1. The first-order chi connectivity index (χ1) is 10.7. The van der Waals surface area contributed by atoms with Crippen molar-refractivity contribution in [1.29, 1.82) is 0 Å². The van der Waals surface area contributed by atoms with E-state index in [-0.39, 0.29) is 11.9 Å². The summed E-state index contributed by atoms with van der Waals surface area (Å²) in [5.41, 5.74) is 0. The van der Waals surface area contributed by atoms with Gasteiger partial charge in [-0.25, -0.2) is 4.98 Å². The minimum Gasteiger partial charge on any atom is -0.355 e. The third kappa shape index (κ3) is 3.27. The Bertz CT molecular complexity index is 598. The predicted octanol–water partition coefficient (Wildman–Crippen LogP) is 1.41. The van der Waals surface area contributed by atoms with Crippen LogP contribution in [0, 0.1) is 0 Å². The van der Waals surface area contributed by atoms with Crippen LogP contribution in [0.4, 0.5) is 5.82 Å². The van der Waals surface area contributed by atoms with E-state index in [1.54, 1.807) is 10.9 Å². The van der Waals surface area contributed by atoms with Crippen LogP contribution in [0.1, 0.15) is 12.8 Å². The maximum Gasteiger partial charge on any atom is 0.244 e. The first-order valence-electron chi connectivity index (χ1n) is 7.63. The number of pyridine rings is 1. The Morgan fingerprint density at radius 3 is 3.00 bits per heavy atom. The largest absolute Gasteiger partial charge is 0.355 e. The van der Waals surface area contributed by atoms with Crippen LogP contribution in [0.3, 0.4) is 0 Å². The van der Waals surface area contributed by atoms with E-state index >= 15 is 0 Å². The van der Waals surface area contributed by atoms with Crippen molar-refractivity contribution in [3.63, 3.8) is 0 Å². The summed E-state index contributed by atoms with van der Waals surface area (Å²) < 4.78 is 1.66. The third-order valence-electron chi connectivity index (χ3n) is 4.17. The Kier molecular flexibility index (Phi) is 4.37. The van der Waals surface area contributed by atoms with Gasteiger partial charge in [0.25, 0.3) is 0 Å². The van der Waals surface area contributed by atoms with Gasteiger partial charge in [-0.3, -0.25) is 9.48 Å². The molecular formula is C16H21N5O. The lowest BCUT2D eigenvalue weighted by atomic mass is 10.0. The number of rotatable bonds is 4. The minimum atomic E-state index is 0.0940. The topological polar surface area (TPSA) is 54.3 Å². The van der Waals surface area contributed by atoms with E-state index in [1.165, 1.54) is 0 Å². The smallest absolute Gasteiger partial charge is 0.244 e. The number of hydrogen-bond donors (Lipinski definition) is 0. The van der Waals surface area contributed by atoms with E-state index in [1.807, 2.05) is 48.6 Å². The zero-order valence-corrected chi connectivity index (χ0v) is 12.8. The van der Waals surface area contributed by atoms with Crippen LogP contribution in [0.5, 0.6) is 0 Å². The molecule has 1 fully saturated rings. The van der Waals surface area contributed by atoms with Gasteiger partial charge in [-0.05, 0) is 31.0 Å². The molecule has 116 valence electrons. The van der Waals surface area contributed by atoms with Crippen LogP contribution in [0.25, 0.3) is 0 Å². The summed E-state index contributed by atoms with van der Waals surface area (Å²) in [5.74, 6) is 1.08. The van der Waals surface area contributed by atoms with Gasteiger partial charge in [-0.2, -0.15) is 5.10 Å². The zero-order valence-electron chi connectivity index (χ0n) is 12.8. The lowest BCUT2D eigenvalue weighted by molar-refractivity contribution is -0.133. The fraction of sp³-hybridized carbons (Fsp3) is 0.438. The van der Waals surface area contributed by atoms with Gasteiger partial charge in [0.15, 0.2) is 0 Å². The van der Waals surface area contributed by atoms with Gasteiger partial charge in [0.05, 0.1) is 0 Å². The molecule has 1 atom stereocenters. The number of carbonyl (C=O) groups is 1. The first-order valence-corrected chi connectivity index (χ1v) is 7.63. The molecule has 1 aliphatic heterocycles. The van der Waals surface area contributed by atoms with Gasteiger partial charge in [-0.15, -0.1) is 0 Å². The predicted molar refractivity (Wildman–Crippen MR) is 84.5 cm³/mol. The molecule has 0 radical (unpaired) electrons. The average molecular weight is 299 g/mol. The number of carbonyl (C=O) groups excluding carboxylic acids is 1. The van der Waals surface area contributed by atoms with E-state index in [4.69, 9.17) is 0 Å². The monoisotopic (exact) mass is 299 g/mol. The van der Waals surface area contributed by atoms with Gasteiger partial charge in [-0.1, -0.05) is 6.07 Å². The molecule has 2 aromatic heterocycles. The van der Waals surface area contributed by atoms with Crippen molar-refractivity contribution in [2.75, 3.05) is 25.0 Å². The summed E-state index contributed by atoms with van der Waals surface area (Å²) in [7, 11) is 1.89. The summed E-state index contributed by atoms with van der Waals surface area (Å²) in [6, 6.07) is 7.99. The molecule has 22 heavy (non-hydrogen) atoms. The number of amides is 1. The van der Waals surface area contributed by atoms with Crippen LogP contribution in [0.15, 0.2) is 42.9 Å². The molecule has 1 saturated heterocycles. The molecule has 1 aliphatic rings. The highest BCUT2D eigenvalue weighted by atomic mass is 16.2. The maximum atomic E-state index is 12.4. The Morgan fingerprint density at radius 1 is 1.36 bits per heavy atom. The molecule has 0 saturated carbocycles. The molecule has 0 bridgehead atoms. The summed E-state index contributed by atoms with van der Waals surface area (Å²) >= 11 is 0. The summed E-state index contributed by atoms with van der Waals surface area (Å²) in [5, 5.41) is 4.10. The molecule has 3 rings (SSSR count). The number of piperidine rings is 1. The molecule has 6 nitrogen and oxygen atoms in total. The van der Waals surface area contributed by atoms with E-state index < -0.39 is 0 Å². The van der Waals surface area contributed by atoms with E-state index in [0.29, 0.717) is 6.54 Å². The van der Waals surface area contributed by atoms with Crippen LogP contribution in [-0.4, -0.2) is 51.8 Å². The van der Waals surface area contributed by atoms with E-state index in [0.717, 1.165) is 31.7 Å². The lowest BCUT2D eigenvalue weighted by Crippen LogP contribution is -2.49. The standard InChI is InChI=1S/C16H21N5O/c1-19(16(22)13-21-11-5-9-18-21)14-6-4-10-20(12-14)15-7-2-3-8-17-15/h2-3,5,7-9,11,14H,4,6,10,12-13H2,1H3/t14-/m1/s1. The molecule has 1 amide bonds. The van der Waals surface area contributed by atoms with Crippen molar-refractivity contribution in [3.8, 4) is 0 Å². The molecule has 0 N–H and O–H groups in total. The highest BCUT2D eigenvalue weighted by molar-refractivity contribution is 5.76. The normalized spacial score (nSPS) is 18.2. The van der Waals surface area contributed by atoms with Crippen LogP contribution in [-0.2, 0) is 11.3 Å². The number of aromatic nitrogens is 3. The third-order valence-corrected chi connectivity index (χ3v) is 4.17. The van der Waals surface area contributed by atoms with E-state index in [2.05, 4.69) is 15.0 Å². The quantitative estimate of drug-likeness (QED) is 0.856. The van der Waals surface area contributed by atoms with Gasteiger partial charge in [0.2, 0.25) is 5.91 Å². The molecule has 6 heteroatoms.